The molecule has 3 nitrogen and oxygen atoms in total. The first-order valence-electron chi connectivity index (χ1n) is 7.79. The Labute approximate surface area is 110 Å². The topological polar surface area (TPSA) is 41.6 Å². The molecule has 18 heavy (non-hydrogen) atoms. The lowest BCUT2D eigenvalue weighted by molar-refractivity contribution is 0.299. The Hall–Kier alpha value is -0.860. The van der Waals surface area contributed by atoms with Crippen molar-refractivity contribution in [3.05, 3.63) is 11.6 Å². The average Bonchev–Trinajstić information content (AvgIpc) is 3.15. The zero-order valence-electron chi connectivity index (χ0n) is 11.5. The van der Waals surface area contributed by atoms with Crippen molar-refractivity contribution in [1.29, 1.82) is 0 Å². The third-order valence-corrected chi connectivity index (χ3v) is 4.66. The van der Waals surface area contributed by atoms with Gasteiger partial charge in [-0.15, -0.1) is 0 Å². The van der Waals surface area contributed by atoms with Gasteiger partial charge in [0.05, 0.1) is 0 Å². The molecule has 0 radical (unpaired) electrons. The van der Waals surface area contributed by atoms with E-state index in [-0.39, 0.29) is 0 Å². The summed E-state index contributed by atoms with van der Waals surface area (Å²) in [7, 11) is 0. The van der Waals surface area contributed by atoms with Crippen molar-refractivity contribution in [2.45, 2.75) is 76.5 Å². The monoisotopic (exact) mass is 247 g/mol. The van der Waals surface area contributed by atoms with Gasteiger partial charge in [-0.3, -0.25) is 5.10 Å². The second kappa shape index (κ2) is 5.41. The Kier molecular flexibility index (Phi) is 3.67. The molecule has 0 aromatic carbocycles. The fourth-order valence-corrected chi connectivity index (χ4v) is 3.21. The largest absolute Gasteiger partial charge is 0.263 e. The van der Waals surface area contributed by atoms with Gasteiger partial charge < -0.3 is 0 Å². The first kappa shape index (κ1) is 12.2. The fourth-order valence-electron chi connectivity index (χ4n) is 3.21. The quantitative estimate of drug-likeness (QED) is 0.849. The summed E-state index contributed by atoms with van der Waals surface area (Å²) in [6.45, 7) is 2.29. The van der Waals surface area contributed by atoms with Crippen molar-refractivity contribution in [3.8, 4) is 0 Å². The summed E-state index contributed by atoms with van der Waals surface area (Å²) in [5, 5.41) is 7.58. The summed E-state index contributed by atoms with van der Waals surface area (Å²) in [4.78, 5) is 4.72. The van der Waals surface area contributed by atoms with Crippen LogP contribution >= 0.6 is 0 Å². The molecule has 3 heteroatoms. The van der Waals surface area contributed by atoms with Crippen molar-refractivity contribution < 1.29 is 0 Å². The number of nitrogens with one attached hydrogen (secondary N) is 1. The maximum atomic E-state index is 4.72. The summed E-state index contributed by atoms with van der Waals surface area (Å²) >= 11 is 0. The zero-order chi connectivity index (χ0) is 12.4. The smallest absolute Gasteiger partial charge is 0.153 e. The molecule has 2 fully saturated rings. The lowest BCUT2D eigenvalue weighted by atomic mass is 9.79. The van der Waals surface area contributed by atoms with Gasteiger partial charge in [-0.25, -0.2) is 4.98 Å². The Morgan fingerprint density at radius 2 is 1.78 bits per heavy atom. The average molecular weight is 247 g/mol. The predicted molar refractivity (Wildman–Crippen MR) is 72.6 cm³/mol. The minimum atomic E-state index is 0.655. The van der Waals surface area contributed by atoms with E-state index in [1.54, 1.807) is 0 Å². The minimum Gasteiger partial charge on any atom is -0.263 e. The lowest BCUT2D eigenvalue weighted by Crippen LogP contribution is -2.14. The van der Waals surface area contributed by atoms with Gasteiger partial charge in [0, 0.05) is 11.8 Å². The zero-order valence-corrected chi connectivity index (χ0v) is 11.5. The molecule has 100 valence electrons. The lowest BCUT2D eigenvalue weighted by Gasteiger charge is -2.27. The Balaban J connectivity index is 1.51. The van der Waals surface area contributed by atoms with Gasteiger partial charge in [0.2, 0.25) is 0 Å². The summed E-state index contributed by atoms with van der Waals surface area (Å²) in [5.74, 6) is 4.56. The van der Waals surface area contributed by atoms with Crippen LogP contribution in [0.15, 0.2) is 0 Å². The van der Waals surface area contributed by atoms with Crippen LogP contribution in [-0.4, -0.2) is 15.2 Å². The van der Waals surface area contributed by atoms with Crippen LogP contribution in [0.4, 0.5) is 0 Å². The van der Waals surface area contributed by atoms with Crippen LogP contribution < -0.4 is 0 Å². The van der Waals surface area contributed by atoms with Gasteiger partial charge in [0.15, 0.2) is 5.82 Å². The molecule has 0 aliphatic heterocycles. The molecule has 0 spiro atoms. The summed E-state index contributed by atoms with van der Waals surface area (Å²) in [5.41, 5.74) is 0. The van der Waals surface area contributed by atoms with E-state index in [0.29, 0.717) is 11.8 Å². The molecule has 1 heterocycles. The molecule has 2 aliphatic rings. The highest BCUT2D eigenvalue weighted by molar-refractivity contribution is 5.07. The van der Waals surface area contributed by atoms with Crippen LogP contribution in [0.5, 0.6) is 0 Å². The number of aromatic amines is 1. The Morgan fingerprint density at radius 3 is 2.44 bits per heavy atom. The molecule has 0 bridgehead atoms. The van der Waals surface area contributed by atoms with Crippen molar-refractivity contribution in [2.24, 2.45) is 5.92 Å². The van der Waals surface area contributed by atoms with E-state index in [1.165, 1.54) is 63.6 Å². The molecule has 1 N–H and O–H groups in total. The number of aromatic nitrogens is 3. The summed E-state index contributed by atoms with van der Waals surface area (Å²) in [6, 6.07) is 0. The number of unbranched alkanes of at least 4 members (excludes halogenated alkanes) is 1. The van der Waals surface area contributed by atoms with Crippen LogP contribution in [0.25, 0.3) is 0 Å². The highest BCUT2D eigenvalue weighted by Gasteiger charge is 2.30. The van der Waals surface area contributed by atoms with Gasteiger partial charge in [-0.2, -0.15) is 5.10 Å². The van der Waals surface area contributed by atoms with Gasteiger partial charge in [0.25, 0.3) is 0 Å². The van der Waals surface area contributed by atoms with Crippen molar-refractivity contribution in [1.82, 2.24) is 15.2 Å². The number of rotatable bonds is 5. The van der Waals surface area contributed by atoms with E-state index >= 15 is 0 Å². The van der Waals surface area contributed by atoms with Crippen molar-refractivity contribution >= 4 is 0 Å². The molecule has 0 saturated heterocycles. The maximum absolute atomic E-state index is 4.72. The summed E-state index contributed by atoms with van der Waals surface area (Å²) < 4.78 is 0. The van der Waals surface area contributed by atoms with E-state index in [0.717, 1.165) is 11.7 Å². The maximum Gasteiger partial charge on any atom is 0.153 e. The highest BCUT2D eigenvalue weighted by atomic mass is 15.2. The van der Waals surface area contributed by atoms with E-state index in [1.807, 2.05) is 0 Å². The van der Waals surface area contributed by atoms with Crippen LogP contribution in [0.2, 0.25) is 0 Å². The number of hydrogen-bond acceptors (Lipinski definition) is 2. The second-order valence-electron chi connectivity index (χ2n) is 6.21. The summed E-state index contributed by atoms with van der Waals surface area (Å²) in [6.07, 6.45) is 12.2. The van der Waals surface area contributed by atoms with Crippen molar-refractivity contribution in [3.63, 3.8) is 0 Å². The van der Waals surface area contributed by atoms with Crippen LogP contribution in [0.1, 0.15) is 88.2 Å². The molecule has 1 aromatic heterocycles. The molecular weight excluding hydrogens is 222 g/mol. The van der Waals surface area contributed by atoms with Crippen LogP contribution in [-0.2, 0) is 0 Å². The Bertz CT molecular complexity index is 373. The third-order valence-electron chi connectivity index (χ3n) is 4.66. The van der Waals surface area contributed by atoms with Gasteiger partial charge in [-0.05, 0) is 44.4 Å². The van der Waals surface area contributed by atoms with E-state index in [9.17, 15) is 0 Å². The molecule has 2 aliphatic carbocycles. The molecule has 0 atom stereocenters. The first-order chi connectivity index (χ1) is 8.86. The molecule has 0 amide bonds. The normalized spacial score (nSPS) is 28.5. The predicted octanol–water partition coefficient (Wildman–Crippen LogP) is 4.15. The van der Waals surface area contributed by atoms with Gasteiger partial charge in [0.1, 0.15) is 5.82 Å². The number of H-pyrrole nitrogens is 1. The van der Waals surface area contributed by atoms with Crippen molar-refractivity contribution in [2.75, 3.05) is 0 Å². The minimum absolute atomic E-state index is 0.655. The highest BCUT2D eigenvalue weighted by Crippen LogP contribution is 2.40. The van der Waals surface area contributed by atoms with E-state index in [2.05, 4.69) is 17.1 Å². The Morgan fingerprint density at radius 1 is 1.06 bits per heavy atom. The van der Waals surface area contributed by atoms with E-state index < -0.39 is 0 Å². The van der Waals surface area contributed by atoms with Gasteiger partial charge in [-0.1, -0.05) is 26.2 Å². The first-order valence-corrected chi connectivity index (χ1v) is 7.79. The second-order valence-corrected chi connectivity index (χ2v) is 6.21. The standard InChI is InChI=1S/C15H25N3/c1-2-3-4-11-5-7-12(8-6-11)14-16-15(18-17-14)13-9-10-13/h11-13H,2-10H2,1H3,(H,16,17,18). The number of nitrogens with zero attached hydrogens (tertiary/aromatic N) is 2. The number of hydrogen-bond donors (Lipinski definition) is 1. The van der Waals surface area contributed by atoms with Gasteiger partial charge >= 0.3 is 0 Å². The van der Waals surface area contributed by atoms with E-state index in [4.69, 9.17) is 4.98 Å². The van der Waals surface area contributed by atoms with Crippen LogP contribution in [0, 0.1) is 5.92 Å². The molecule has 0 unspecified atom stereocenters. The molecule has 3 rings (SSSR count). The molecular formula is C15H25N3. The molecule has 2 saturated carbocycles. The fraction of sp³-hybridized carbons (Fsp3) is 0.867. The SMILES string of the molecule is CCCCC1CCC(c2nc(C3CC3)n[nH]2)CC1. The third kappa shape index (κ3) is 2.76. The van der Waals surface area contributed by atoms with Crippen LogP contribution in [0.3, 0.4) is 0 Å². The molecule has 1 aromatic rings.